The summed E-state index contributed by atoms with van der Waals surface area (Å²) in [6.45, 7) is 5.60. The Morgan fingerprint density at radius 2 is 2.43 bits per heavy atom. The van der Waals surface area contributed by atoms with E-state index in [4.69, 9.17) is 0 Å². The molecule has 114 valence electrons. The molecule has 2 aromatic rings. The molecule has 1 atom stereocenters. The standard InChI is InChI=1S/C16H24N4S/c1-19-13-18-10-15(19)9-17-8-14-4-2-6-20(11-14)12-16-5-3-7-21-16/h3,5,7,10,13-14,17H,2,4,6,8-9,11-12H2,1H3. The van der Waals surface area contributed by atoms with Gasteiger partial charge in [0, 0.05) is 37.8 Å². The first kappa shape index (κ1) is 14.8. The molecule has 3 rings (SSSR count). The van der Waals surface area contributed by atoms with Gasteiger partial charge in [-0.25, -0.2) is 4.98 Å². The normalized spacial score (nSPS) is 20.0. The summed E-state index contributed by atoms with van der Waals surface area (Å²) in [5.74, 6) is 0.770. The van der Waals surface area contributed by atoms with Gasteiger partial charge in [0.2, 0.25) is 0 Å². The van der Waals surface area contributed by atoms with Crippen LogP contribution in [-0.2, 0) is 20.1 Å². The lowest BCUT2D eigenvalue weighted by Gasteiger charge is -2.32. The van der Waals surface area contributed by atoms with Crippen LogP contribution < -0.4 is 5.32 Å². The molecule has 1 unspecified atom stereocenters. The van der Waals surface area contributed by atoms with Crippen LogP contribution in [-0.4, -0.2) is 34.1 Å². The van der Waals surface area contributed by atoms with Crippen LogP contribution in [0, 0.1) is 5.92 Å². The first-order valence-corrected chi connectivity index (χ1v) is 8.60. The van der Waals surface area contributed by atoms with Crippen LogP contribution in [0.25, 0.3) is 0 Å². The van der Waals surface area contributed by atoms with Gasteiger partial charge in [-0.1, -0.05) is 6.07 Å². The number of likely N-dealkylation sites (tertiary alicyclic amines) is 1. The van der Waals surface area contributed by atoms with Crippen LogP contribution in [0.3, 0.4) is 0 Å². The maximum absolute atomic E-state index is 4.16. The molecule has 0 bridgehead atoms. The van der Waals surface area contributed by atoms with Crippen LogP contribution in [0.5, 0.6) is 0 Å². The van der Waals surface area contributed by atoms with Gasteiger partial charge in [-0.15, -0.1) is 11.3 Å². The molecule has 2 aromatic heterocycles. The minimum absolute atomic E-state index is 0.770. The summed E-state index contributed by atoms with van der Waals surface area (Å²) in [4.78, 5) is 8.24. The highest BCUT2D eigenvalue weighted by molar-refractivity contribution is 7.09. The summed E-state index contributed by atoms with van der Waals surface area (Å²) >= 11 is 1.87. The Hall–Kier alpha value is -1.17. The van der Waals surface area contributed by atoms with Crippen molar-refractivity contribution < 1.29 is 0 Å². The van der Waals surface area contributed by atoms with E-state index in [9.17, 15) is 0 Å². The van der Waals surface area contributed by atoms with E-state index in [-0.39, 0.29) is 0 Å². The summed E-state index contributed by atoms with van der Waals surface area (Å²) in [6, 6.07) is 4.39. The molecule has 4 nitrogen and oxygen atoms in total. The van der Waals surface area contributed by atoms with Crippen molar-refractivity contribution in [3.05, 3.63) is 40.6 Å². The zero-order valence-electron chi connectivity index (χ0n) is 12.7. The van der Waals surface area contributed by atoms with E-state index in [1.54, 1.807) is 0 Å². The second kappa shape index (κ2) is 7.20. The van der Waals surface area contributed by atoms with Crippen molar-refractivity contribution in [2.45, 2.75) is 25.9 Å². The number of piperidine rings is 1. The predicted molar refractivity (Wildman–Crippen MR) is 87.2 cm³/mol. The largest absolute Gasteiger partial charge is 0.337 e. The maximum atomic E-state index is 4.16. The van der Waals surface area contributed by atoms with Crippen molar-refractivity contribution in [3.8, 4) is 0 Å². The second-order valence-electron chi connectivity index (χ2n) is 5.95. The molecule has 1 aliphatic heterocycles. The van der Waals surface area contributed by atoms with Gasteiger partial charge < -0.3 is 9.88 Å². The topological polar surface area (TPSA) is 33.1 Å². The third-order valence-corrected chi connectivity index (χ3v) is 5.08. The van der Waals surface area contributed by atoms with Crippen molar-refractivity contribution in [1.82, 2.24) is 19.8 Å². The van der Waals surface area contributed by atoms with Gasteiger partial charge in [0.15, 0.2) is 0 Å². The third kappa shape index (κ3) is 4.15. The molecule has 21 heavy (non-hydrogen) atoms. The molecule has 0 aliphatic carbocycles. The molecule has 1 fully saturated rings. The van der Waals surface area contributed by atoms with Gasteiger partial charge in [0.05, 0.1) is 12.0 Å². The van der Waals surface area contributed by atoms with E-state index in [1.165, 1.54) is 36.5 Å². The fourth-order valence-corrected chi connectivity index (χ4v) is 3.79. The molecule has 0 spiro atoms. The van der Waals surface area contributed by atoms with Crippen molar-refractivity contribution in [2.24, 2.45) is 13.0 Å². The summed E-state index contributed by atoms with van der Waals surface area (Å²) in [7, 11) is 2.05. The lowest BCUT2D eigenvalue weighted by molar-refractivity contribution is 0.166. The van der Waals surface area contributed by atoms with Crippen LogP contribution >= 0.6 is 11.3 Å². The van der Waals surface area contributed by atoms with Gasteiger partial charge in [-0.2, -0.15) is 0 Å². The smallest absolute Gasteiger partial charge is 0.0945 e. The molecule has 0 aromatic carbocycles. The molecule has 0 saturated carbocycles. The number of hydrogen-bond donors (Lipinski definition) is 1. The zero-order chi connectivity index (χ0) is 14.5. The van der Waals surface area contributed by atoms with Crippen molar-refractivity contribution in [1.29, 1.82) is 0 Å². The Balaban J connectivity index is 1.42. The number of imidazole rings is 1. The highest BCUT2D eigenvalue weighted by Crippen LogP contribution is 2.20. The minimum Gasteiger partial charge on any atom is -0.337 e. The van der Waals surface area contributed by atoms with Crippen LogP contribution in [0.2, 0.25) is 0 Å². The number of hydrogen-bond acceptors (Lipinski definition) is 4. The van der Waals surface area contributed by atoms with Crippen LogP contribution in [0.1, 0.15) is 23.4 Å². The lowest BCUT2D eigenvalue weighted by Crippen LogP contribution is -2.39. The Labute approximate surface area is 130 Å². The van der Waals surface area contributed by atoms with E-state index in [2.05, 4.69) is 37.3 Å². The molecular formula is C16H24N4S. The van der Waals surface area contributed by atoms with Crippen LogP contribution in [0.15, 0.2) is 30.0 Å². The van der Waals surface area contributed by atoms with Gasteiger partial charge in [0.25, 0.3) is 0 Å². The van der Waals surface area contributed by atoms with Gasteiger partial charge in [-0.05, 0) is 43.3 Å². The second-order valence-corrected chi connectivity index (χ2v) is 6.98. The summed E-state index contributed by atoms with van der Waals surface area (Å²) < 4.78 is 2.08. The number of nitrogens with one attached hydrogen (secondary N) is 1. The molecule has 1 aliphatic rings. The number of nitrogens with zero attached hydrogens (tertiary/aromatic N) is 3. The number of aromatic nitrogens is 2. The van der Waals surface area contributed by atoms with Crippen molar-refractivity contribution in [3.63, 3.8) is 0 Å². The fraction of sp³-hybridized carbons (Fsp3) is 0.562. The average Bonchev–Trinajstić information content (AvgIpc) is 3.12. The van der Waals surface area contributed by atoms with E-state index >= 15 is 0 Å². The average molecular weight is 304 g/mol. The molecule has 1 saturated heterocycles. The molecule has 3 heterocycles. The zero-order valence-corrected chi connectivity index (χ0v) is 13.5. The van der Waals surface area contributed by atoms with Gasteiger partial charge in [-0.3, -0.25) is 4.90 Å². The number of aryl methyl sites for hydroxylation is 1. The van der Waals surface area contributed by atoms with Crippen LogP contribution in [0.4, 0.5) is 0 Å². The molecule has 5 heteroatoms. The Morgan fingerprint density at radius 1 is 1.48 bits per heavy atom. The molecular weight excluding hydrogens is 280 g/mol. The Morgan fingerprint density at radius 3 is 3.19 bits per heavy atom. The van der Waals surface area contributed by atoms with Crippen molar-refractivity contribution >= 4 is 11.3 Å². The van der Waals surface area contributed by atoms with Crippen molar-refractivity contribution in [2.75, 3.05) is 19.6 Å². The van der Waals surface area contributed by atoms with Gasteiger partial charge >= 0.3 is 0 Å². The summed E-state index contributed by atoms with van der Waals surface area (Å²) in [5, 5.41) is 5.77. The molecule has 1 N–H and O–H groups in total. The maximum Gasteiger partial charge on any atom is 0.0945 e. The van der Waals surface area contributed by atoms with E-state index in [1.807, 2.05) is 30.9 Å². The molecule has 0 amide bonds. The quantitative estimate of drug-likeness (QED) is 0.890. The monoisotopic (exact) mass is 304 g/mol. The Bertz CT molecular complexity index is 534. The fourth-order valence-electron chi connectivity index (χ4n) is 3.04. The van der Waals surface area contributed by atoms with E-state index < -0.39 is 0 Å². The first-order chi connectivity index (χ1) is 10.3. The SMILES string of the molecule is Cn1cncc1CNCC1CCCN(Cc2cccs2)C1. The Kier molecular flexibility index (Phi) is 5.06. The minimum atomic E-state index is 0.770. The highest BCUT2D eigenvalue weighted by Gasteiger charge is 2.19. The lowest BCUT2D eigenvalue weighted by atomic mass is 9.98. The van der Waals surface area contributed by atoms with E-state index in [0.29, 0.717) is 0 Å². The van der Waals surface area contributed by atoms with Gasteiger partial charge in [0.1, 0.15) is 0 Å². The third-order valence-electron chi connectivity index (χ3n) is 4.22. The van der Waals surface area contributed by atoms with E-state index in [0.717, 1.165) is 25.6 Å². The predicted octanol–water partition coefficient (Wildman–Crippen LogP) is 2.48. The number of rotatable bonds is 6. The summed E-state index contributed by atoms with van der Waals surface area (Å²) in [5.41, 5.74) is 1.25. The number of thiophene rings is 1. The highest BCUT2D eigenvalue weighted by atomic mass is 32.1. The summed E-state index contributed by atoms with van der Waals surface area (Å²) in [6.07, 6.45) is 6.47. The first-order valence-electron chi connectivity index (χ1n) is 7.72. The molecule has 0 radical (unpaired) electrons.